The Balaban J connectivity index is 1.30. The molecule has 0 amide bonds. The number of halogens is 3. The van der Waals surface area contributed by atoms with E-state index in [-0.39, 0.29) is 69.9 Å². The highest BCUT2D eigenvalue weighted by Crippen LogP contribution is 2.44. The molecule has 3 N–H and O–H groups in total. The minimum absolute atomic E-state index is 0.00397. The number of alkyl halides is 1. The third kappa shape index (κ3) is 4.09. The van der Waals surface area contributed by atoms with E-state index in [0.29, 0.717) is 18.8 Å². The lowest BCUT2D eigenvalue weighted by Crippen LogP contribution is -2.52. The first-order valence-corrected chi connectivity index (χ1v) is 14.7. The molecule has 0 aliphatic carbocycles. The Morgan fingerprint density at radius 2 is 1.91 bits per heavy atom. The molecule has 7 heterocycles. The zero-order valence-electron chi connectivity index (χ0n) is 23.6. The summed E-state index contributed by atoms with van der Waals surface area (Å²) in [6.45, 7) is 2.91. The van der Waals surface area contributed by atoms with Crippen molar-refractivity contribution in [3.63, 3.8) is 0 Å². The number of nitrogens with zero attached hydrogens (tertiary/aromatic N) is 6. The second kappa shape index (κ2) is 9.81. The number of ether oxygens (including phenoxy) is 2. The molecule has 14 heteroatoms. The monoisotopic (exact) mass is 596 g/mol. The van der Waals surface area contributed by atoms with E-state index in [4.69, 9.17) is 29.6 Å². The normalized spacial score (nSPS) is 27.0. The first-order chi connectivity index (χ1) is 20.8. The second-order valence-electron chi connectivity index (χ2n) is 12.0. The van der Waals surface area contributed by atoms with Crippen molar-refractivity contribution in [1.82, 2.24) is 30.2 Å². The summed E-state index contributed by atoms with van der Waals surface area (Å²) in [7, 11) is 1.38. The number of rotatable bonds is 6. The maximum Gasteiger partial charge on any atom is 0.319 e. The van der Waals surface area contributed by atoms with E-state index in [9.17, 15) is 8.78 Å². The Hall–Kier alpha value is -3.91. The molecular formula is C29H31F3N8O3. The third-order valence-corrected chi connectivity index (χ3v) is 9.53. The smallest absolute Gasteiger partial charge is 0.319 e. The fourth-order valence-corrected chi connectivity index (χ4v) is 7.64. The molecule has 4 aliphatic heterocycles. The second-order valence-corrected chi connectivity index (χ2v) is 12.0. The molecule has 0 radical (unpaired) electrons. The number of oxazole rings is 1. The Labute approximate surface area is 244 Å². The summed E-state index contributed by atoms with van der Waals surface area (Å²) < 4.78 is 62.9. The Kier molecular flexibility index (Phi) is 6.09. The molecule has 1 aromatic carbocycles. The number of anilines is 2. The number of benzene rings is 1. The van der Waals surface area contributed by atoms with Crippen molar-refractivity contribution in [2.24, 2.45) is 0 Å². The molecule has 4 atom stereocenters. The number of nitrogens with two attached hydrogens (primary N) is 1. The van der Waals surface area contributed by atoms with Crippen LogP contribution in [-0.2, 0) is 0 Å². The van der Waals surface area contributed by atoms with Crippen molar-refractivity contribution in [2.45, 2.75) is 55.9 Å². The van der Waals surface area contributed by atoms with Crippen LogP contribution < -0.4 is 25.4 Å². The van der Waals surface area contributed by atoms with Gasteiger partial charge in [-0.05, 0) is 44.4 Å². The van der Waals surface area contributed by atoms with E-state index in [1.54, 1.807) is 0 Å². The summed E-state index contributed by atoms with van der Waals surface area (Å²) in [5, 5.41) is 3.45. The van der Waals surface area contributed by atoms with Crippen LogP contribution in [0.3, 0.4) is 0 Å². The molecule has 3 aromatic heterocycles. The van der Waals surface area contributed by atoms with Gasteiger partial charge in [-0.2, -0.15) is 15.0 Å². The molecule has 3 unspecified atom stereocenters. The molecule has 226 valence electrons. The standard InChI is InChI=1S/C29H31F3N8O3/c1-41-26-19(17-5-6-18(31)24-21(17)36-27(33)43-24)20(32)22-23(35-26)25(40-15-3-4-16(40)11-34-10-15)38-28(37-22)42-13-29-7-2-8-39(29)12-14(30)9-29/h5-6,14-16,34H,2-4,7-13H2,1H3,(H2,33,36)/t14-,15?,16?,29?/m1/s1. The maximum atomic E-state index is 16.8. The molecule has 4 saturated heterocycles. The van der Waals surface area contributed by atoms with Crippen LogP contribution in [0.25, 0.3) is 33.3 Å². The van der Waals surface area contributed by atoms with Crippen LogP contribution in [0.1, 0.15) is 32.1 Å². The zero-order chi connectivity index (χ0) is 29.5. The summed E-state index contributed by atoms with van der Waals surface area (Å²) in [4.78, 5) is 22.5. The van der Waals surface area contributed by atoms with Gasteiger partial charge in [-0.3, -0.25) is 4.90 Å². The number of piperazine rings is 1. The molecule has 0 saturated carbocycles. The largest absolute Gasteiger partial charge is 0.480 e. The van der Waals surface area contributed by atoms with Gasteiger partial charge in [-0.25, -0.2) is 18.2 Å². The average Bonchev–Trinajstić information content (AvgIpc) is 3.72. The lowest BCUT2D eigenvalue weighted by atomic mass is 9.95. The average molecular weight is 597 g/mol. The van der Waals surface area contributed by atoms with Crippen LogP contribution in [0.4, 0.5) is 25.0 Å². The molecule has 0 spiro atoms. The number of nitrogens with one attached hydrogen (secondary N) is 1. The fraction of sp³-hybridized carbons (Fsp3) is 0.517. The number of hydrogen-bond acceptors (Lipinski definition) is 11. The lowest BCUT2D eigenvalue weighted by molar-refractivity contribution is 0.107. The summed E-state index contributed by atoms with van der Waals surface area (Å²) in [6.07, 6.45) is 3.15. The van der Waals surface area contributed by atoms with E-state index < -0.39 is 23.3 Å². The summed E-state index contributed by atoms with van der Waals surface area (Å²) >= 11 is 0. The van der Waals surface area contributed by atoms with Gasteiger partial charge in [0.1, 0.15) is 29.3 Å². The number of methoxy groups -OCH3 is 1. The predicted octanol–water partition coefficient (Wildman–Crippen LogP) is 3.60. The van der Waals surface area contributed by atoms with Gasteiger partial charge in [0.2, 0.25) is 5.88 Å². The molecule has 4 aromatic rings. The lowest BCUT2D eigenvalue weighted by Gasteiger charge is -2.36. The molecule has 2 bridgehead atoms. The van der Waals surface area contributed by atoms with Gasteiger partial charge >= 0.3 is 6.01 Å². The van der Waals surface area contributed by atoms with Gasteiger partial charge in [-0.15, -0.1) is 0 Å². The minimum Gasteiger partial charge on any atom is -0.480 e. The van der Waals surface area contributed by atoms with Crippen LogP contribution in [0, 0.1) is 11.6 Å². The van der Waals surface area contributed by atoms with Gasteiger partial charge in [0, 0.05) is 43.7 Å². The quantitative estimate of drug-likeness (QED) is 0.339. The van der Waals surface area contributed by atoms with Crippen LogP contribution in [-0.4, -0.2) is 88.5 Å². The van der Waals surface area contributed by atoms with E-state index in [2.05, 4.69) is 25.1 Å². The minimum atomic E-state index is -0.914. The summed E-state index contributed by atoms with van der Waals surface area (Å²) in [5.41, 5.74) is 5.41. The van der Waals surface area contributed by atoms with Crippen LogP contribution in [0.5, 0.6) is 11.9 Å². The van der Waals surface area contributed by atoms with Gasteiger partial charge in [0.25, 0.3) is 6.01 Å². The molecule has 4 fully saturated rings. The van der Waals surface area contributed by atoms with Gasteiger partial charge in [-0.1, -0.05) is 0 Å². The van der Waals surface area contributed by atoms with Crippen molar-refractivity contribution in [1.29, 1.82) is 0 Å². The number of hydrogen-bond donors (Lipinski definition) is 2. The number of aromatic nitrogens is 4. The highest BCUT2D eigenvalue weighted by molar-refractivity contribution is 5.98. The van der Waals surface area contributed by atoms with E-state index in [1.165, 1.54) is 13.2 Å². The number of nitrogen functional groups attached to an aromatic ring is 1. The molecular weight excluding hydrogens is 565 g/mol. The first kappa shape index (κ1) is 26.7. The fourth-order valence-electron chi connectivity index (χ4n) is 7.64. The van der Waals surface area contributed by atoms with E-state index in [1.807, 2.05) is 0 Å². The van der Waals surface area contributed by atoms with Crippen molar-refractivity contribution < 1.29 is 27.1 Å². The third-order valence-electron chi connectivity index (χ3n) is 9.53. The van der Waals surface area contributed by atoms with Gasteiger partial charge in [0.15, 0.2) is 23.0 Å². The Morgan fingerprint density at radius 3 is 2.70 bits per heavy atom. The molecule has 11 nitrogen and oxygen atoms in total. The van der Waals surface area contributed by atoms with Crippen LogP contribution in [0.15, 0.2) is 16.5 Å². The van der Waals surface area contributed by atoms with Crippen LogP contribution in [0.2, 0.25) is 0 Å². The Bertz CT molecular complexity index is 1740. The highest BCUT2D eigenvalue weighted by atomic mass is 19.1. The molecule has 8 rings (SSSR count). The van der Waals surface area contributed by atoms with E-state index >= 15 is 4.39 Å². The Morgan fingerprint density at radius 1 is 1.09 bits per heavy atom. The van der Waals surface area contributed by atoms with Gasteiger partial charge < -0.3 is 29.8 Å². The highest BCUT2D eigenvalue weighted by Gasteiger charge is 2.49. The topological polar surface area (TPSA) is 128 Å². The maximum absolute atomic E-state index is 16.8. The first-order valence-electron chi connectivity index (χ1n) is 14.7. The van der Waals surface area contributed by atoms with Crippen molar-refractivity contribution in [3.05, 3.63) is 23.8 Å². The number of fused-ring (bicyclic) bond motifs is 5. The zero-order valence-corrected chi connectivity index (χ0v) is 23.6. The van der Waals surface area contributed by atoms with E-state index in [0.717, 1.165) is 51.4 Å². The van der Waals surface area contributed by atoms with Crippen molar-refractivity contribution in [3.8, 4) is 23.0 Å². The van der Waals surface area contributed by atoms with Crippen LogP contribution >= 0.6 is 0 Å². The van der Waals surface area contributed by atoms with Crippen molar-refractivity contribution >= 4 is 34.0 Å². The molecule has 43 heavy (non-hydrogen) atoms. The molecule has 4 aliphatic rings. The summed E-state index contributed by atoms with van der Waals surface area (Å²) in [5.74, 6) is -1.02. The SMILES string of the molecule is COc1nc2c(N3C4CCC3CNC4)nc(OCC34CCCN3C[C@H](F)C4)nc2c(F)c1-c1ccc(F)c2oc(N)nc12. The summed E-state index contributed by atoms with van der Waals surface area (Å²) in [6, 6.07) is 2.55. The predicted molar refractivity (Wildman–Crippen MR) is 152 cm³/mol. The van der Waals surface area contributed by atoms with Crippen molar-refractivity contribution in [2.75, 3.05) is 50.5 Å². The van der Waals surface area contributed by atoms with Gasteiger partial charge in [0.05, 0.1) is 18.2 Å². The number of pyridine rings is 1.